The van der Waals surface area contributed by atoms with Gasteiger partial charge in [0.2, 0.25) is 0 Å². The molecule has 0 aromatic carbocycles. The Bertz CT molecular complexity index is 70.7. The first kappa shape index (κ1) is 7.38. The molecule has 0 bridgehead atoms. The van der Waals surface area contributed by atoms with E-state index in [1.165, 1.54) is 11.5 Å². The van der Waals surface area contributed by atoms with Crippen LogP contribution >= 0.6 is 11.8 Å². The monoisotopic (exact) mass is 147 g/mol. The second-order valence-electron chi connectivity index (χ2n) is 2.24. The Morgan fingerprint density at radius 1 is 1.67 bits per heavy atom. The van der Waals surface area contributed by atoms with Gasteiger partial charge in [-0.2, -0.15) is 11.8 Å². The standard InChI is InChI=1S/C6H13NOS/c8-3-1-6-5-9-4-2-7-6/h6-8H,1-5H2. The van der Waals surface area contributed by atoms with Gasteiger partial charge >= 0.3 is 0 Å². The van der Waals surface area contributed by atoms with E-state index in [0.717, 1.165) is 13.0 Å². The van der Waals surface area contributed by atoms with E-state index < -0.39 is 0 Å². The molecule has 0 aromatic heterocycles. The van der Waals surface area contributed by atoms with Crippen LogP contribution in [0.3, 0.4) is 0 Å². The molecule has 1 heterocycles. The molecule has 0 amide bonds. The van der Waals surface area contributed by atoms with Crippen LogP contribution in [0.15, 0.2) is 0 Å². The number of hydrogen-bond acceptors (Lipinski definition) is 3. The minimum atomic E-state index is 0.318. The molecule has 1 fully saturated rings. The van der Waals surface area contributed by atoms with Crippen LogP contribution in [0, 0.1) is 0 Å². The number of thioether (sulfide) groups is 1. The Morgan fingerprint density at radius 2 is 2.56 bits per heavy atom. The third kappa shape index (κ3) is 2.56. The van der Waals surface area contributed by atoms with Crippen molar-refractivity contribution in [2.45, 2.75) is 12.5 Å². The van der Waals surface area contributed by atoms with Crippen LogP contribution in [0.1, 0.15) is 6.42 Å². The van der Waals surface area contributed by atoms with Gasteiger partial charge in [0.25, 0.3) is 0 Å². The van der Waals surface area contributed by atoms with Crippen LogP contribution in [0.25, 0.3) is 0 Å². The van der Waals surface area contributed by atoms with Crippen molar-refractivity contribution in [2.24, 2.45) is 0 Å². The summed E-state index contributed by atoms with van der Waals surface area (Å²) in [6.07, 6.45) is 0.910. The highest BCUT2D eigenvalue weighted by Gasteiger charge is 2.10. The lowest BCUT2D eigenvalue weighted by Crippen LogP contribution is -2.37. The first-order chi connectivity index (χ1) is 4.43. The number of hydrogen-bond donors (Lipinski definition) is 2. The van der Waals surface area contributed by atoms with E-state index >= 15 is 0 Å². The topological polar surface area (TPSA) is 32.3 Å². The Labute approximate surface area is 60.0 Å². The fraction of sp³-hybridized carbons (Fsp3) is 1.00. The largest absolute Gasteiger partial charge is 0.396 e. The maximum atomic E-state index is 8.57. The average Bonchev–Trinajstić information content (AvgIpc) is 1.91. The smallest absolute Gasteiger partial charge is 0.0446 e. The molecule has 0 radical (unpaired) electrons. The molecule has 1 aliphatic rings. The van der Waals surface area contributed by atoms with Gasteiger partial charge in [-0.15, -0.1) is 0 Å². The summed E-state index contributed by atoms with van der Waals surface area (Å²) in [6.45, 7) is 1.42. The SMILES string of the molecule is OCCC1CSCCN1. The molecule has 2 nitrogen and oxygen atoms in total. The molecule has 0 saturated carbocycles. The van der Waals surface area contributed by atoms with Crippen molar-refractivity contribution in [1.82, 2.24) is 5.32 Å². The van der Waals surface area contributed by atoms with E-state index in [9.17, 15) is 0 Å². The zero-order chi connectivity index (χ0) is 6.53. The van der Waals surface area contributed by atoms with Gasteiger partial charge < -0.3 is 10.4 Å². The fourth-order valence-corrected chi connectivity index (χ4v) is 1.96. The Kier molecular flexibility index (Phi) is 3.40. The molecule has 0 spiro atoms. The van der Waals surface area contributed by atoms with Gasteiger partial charge in [-0.25, -0.2) is 0 Å². The second-order valence-corrected chi connectivity index (χ2v) is 3.39. The first-order valence-electron chi connectivity index (χ1n) is 3.35. The summed E-state index contributed by atoms with van der Waals surface area (Å²) in [5.41, 5.74) is 0. The molecule has 1 aliphatic heterocycles. The van der Waals surface area contributed by atoms with Gasteiger partial charge in [0.05, 0.1) is 0 Å². The van der Waals surface area contributed by atoms with Gasteiger partial charge in [0.15, 0.2) is 0 Å². The van der Waals surface area contributed by atoms with Crippen LogP contribution < -0.4 is 5.32 Å². The van der Waals surface area contributed by atoms with E-state index in [4.69, 9.17) is 5.11 Å². The second kappa shape index (κ2) is 4.14. The van der Waals surface area contributed by atoms with E-state index in [0.29, 0.717) is 12.6 Å². The van der Waals surface area contributed by atoms with Gasteiger partial charge in [-0.05, 0) is 6.42 Å². The highest BCUT2D eigenvalue weighted by molar-refractivity contribution is 7.99. The summed E-state index contributed by atoms with van der Waals surface area (Å²) in [5, 5.41) is 11.9. The molecule has 0 aromatic rings. The molecule has 1 atom stereocenters. The molecule has 54 valence electrons. The van der Waals surface area contributed by atoms with Crippen molar-refractivity contribution in [3.8, 4) is 0 Å². The molecule has 1 saturated heterocycles. The summed E-state index contributed by atoms with van der Waals surface area (Å²) in [7, 11) is 0. The molecule has 1 rings (SSSR count). The number of aliphatic hydroxyl groups is 1. The molecular formula is C6H13NOS. The van der Waals surface area contributed by atoms with E-state index in [1.807, 2.05) is 11.8 Å². The first-order valence-corrected chi connectivity index (χ1v) is 4.51. The number of aliphatic hydroxyl groups excluding tert-OH is 1. The third-order valence-electron chi connectivity index (χ3n) is 1.48. The van der Waals surface area contributed by atoms with Gasteiger partial charge in [0.1, 0.15) is 0 Å². The van der Waals surface area contributed by atoms with Crippen molar-refractivity contribution >= 4 is 11.8 Å². The third-order valence-corrected chi connectivity index (χ3v) is 2.61. The molecule has 2 N–H and O–H groups in total. The Balaban J connectivity index is 2.08. The molecule has 0 aliphatic carbocycles. The molecular weight excluding hydrogens is 134 g/mol. The Hall–Kier alpha value is 0.270. The maximum Gasteiger partial charge on any atom is 0.0446 e. The van der Waals surface area contributed by atoms with Crippen LogP contribution in [0.2, 0.25) is 0 Å². The van der Waals surface area contributed by atoms with E-state index in [2.05, 4.69) is 5.32 Å². The molecule has 9 heavy (non-hydrogen) atoms. The molecule has 3 heteroatoms. The number of nitrogens with one attached hydrogen (secondary N) is 1. The predicted molar refractivity (Wildman–Crippen MR) is 40.8 cm³/mol. The van der Waals surface area contributed by atoms with Crippen molar-refractivity contribution in [2.75, 3.05) is 24.7 Å². The van der Waals surface area contributed by atoms with Crippen molar-refractivity contribution in [1.29, 1.82) is 0 Å². The Morgan fingerprint density at radius 3 is 3.11 bits per heavy atom. The predicted octanol–water partition coefficient (Wildman–Crippen LogP) is 0.0738. The zero-order valence-corrected chi connectivity index (χ0v) is 6.28. The summed E-state index contributed by atoms with van der Waals surface area (Å²) in [4.78, 5) is 0. The van der Waals surface area contributed by atoms with Gasteiger partial charge in [-0.1, -0.05) is 0 Å². The zero-order valence-electron chi connectivity index (χ0n) is 5.47. The summed E-state index contributed by atoms with van der Waals surface area (Å²) < 4.78 is 0. The minimum Gasteiger partial charge on any atom is -0.396 e. The summed E-state index contributed by atoms with van der Waals surface area (Å²) >= 11 is 1.97. The summed E-state index contributed by atoms with van der Waals surface area (Å²) in [5.74, 6) is 2.39. The molecule has 1 unspecified atom stereocenters. The fourth-order valence-electron chi connectivity index (χ4n) is 0.961. The van der Waals surface area contributed by atoms with E-state index in [1.54, 1.807) is 0 Å². The highest BCUT2D eigenvalue weighted by Crippen LogP contribution is 2.09. The van der Waals surface area contributed by atoms with E-state index in [-0.39, 0.29) is 0 Å². The van der Waals surface area contributed by atoms with Crippen molar-refractivity contribution in [3.63, 3.8) is 0 Å². The van der Waals surface area contributed by atoms with Crippen LogP contribution in [0.5, 0.6) is 0 Å². The number of rotatable bonds is 2. The van der Waals surface area contributed by atoms with Crippen LogP contribution in [0.4, 0.5) is 0 Å². The summed E-state index contributed by atoms with van der Waals surface area (Å²) in [6, 6.07) is 0.564. The van der Waals surface area contributed by atoms with Crippen molar-refractivity contribution in [3.05, 3.63) is 0 Å². The van der Waals surface area contributed by atoms with Crippen LogP contribution in [-0.2, 0) is 0 Å². The normalized spacial score (nSPS) is 28.3. The lowest BCUT2D eigenvalue weighted by Gasteiger charge is -2.21. The lowest BCUT2D eigenvalue weighted by atomic mass is 10.2. The minimum absolute atomic E-state index is 0.318. The maximum absolute atomic E-state index is 8.57. The lowest BCUT2D eigenvalue weighted by molar-refractivity contribution is 0.270. The average molecular weight is 147 g/mol. The highest BCUT2D eigenvalue weighted by atomic mass is 32.2. The quantitative estimate of drug-likeness (QED) is 0.580. The van der Waals surface area contributed by atoms with Crippen LogP contribution in [-0.4, -0.2) is 35.8 Å². The van der Waals surface area contributed by atoms with Gasteiger partial charge in [0, 0.05) is 30.7 Å². The van der Waals surface area contributed by atoms with Crippen molar-refractivity contribution < 1.29 is 5.11 Å². The van der Waals surface area contributed by atoms with Gasteiger partial charge in [-0.3, -0.25) is 0 Å².